The van der Waals surface area contributed by atoms with Crippen LogP contribution in [0, 0.1) is 11.6 Å². The number of anilines is 2. The summed E-state index contributed by atoms with van der Waals surface area (Å²) in [6.45, 7) is 4.40. The number of carbonyl (C=O) groups excluding carboxylic acids is 3. The SMILES string of the molecule is O=C(Nc1cc(C(=O)N2CCNCC2)ccc1N1CCN(C(=O)c2ccncc2)CC1)c1cc(F)cc(F)c1. The second-order valence-electron chi connectivity index (χ2n) is 9.40. The van der Waals surface area contributed by atoms with Crippen molar-refractivity contribution in [2.45, 2.75) is 0 Å². The lowest BCUT2D eigenvalue weighted by Gasteiger charge is -2.37. The van der Waals surface area contributed by atoms with E-state index in [4.69, 9.17) is 0 Å². The Labute approximate surface area is 224 Å². The van der Waals surface area contributed by atoms with Crippen LogP contribution in [-0.4, -0.2) is 84.9 Å². The molecule has 2 fully saturated rings. The van der Waals surface area contributed by atoms with Gasteiger partial charge in [0.15, 0.2) is 0 Å². The van der Waals surface area contributed by atoms with Crippen LogP contribution in [0.1, 0.15) is 31.1 Å². The monoisotopic (exact) mass is 534 g/mol. The number of hydrogen-bond donors (Lipinski definition) is 2. The van der Waals surface area contributed by atoms with Crippen molar-refractivity contribution in [2.75, 3.05) is 62.6 Å². The van der Waals surface area contributed by atoms with Gasteiger partial charge < -0.3 is 25.3 Å². The minimum atomic E-state index is -0.863. The summed E-state index contributed by atoms with van der Waals surface area (Å²) in [5.41, 5.74) is 1.77. The summed E-state index contributed by atoms with van der Waals surface area (Å²) < 4.78 is 27.6. The molecule has 2 aliphatic rings. The maximum atomic E-state index is 13.8. The fourth-order valence-electron chi connectivity index (χ4n) is 4.80. The molecule has 1 aromatic heterocycles. The number of amides is 3. The summed E-state index contributed by atoms with van der Waals surface area (Å²) in [5.74, 6) is -2.68. The van der Waals surface area contributed by atoms with E-state index >= 15 is 0 Å². The zero-order valence-electron chi connectivity index (χ0n) is 21.2. The molecule has 2 N–H and O–H groups in total. The molecule has 0 saturated carbocycles. The molecule has 0 unspecified atom stereocenters. The zero-order valence-corrected chi connectivity index (χ0v) is 21.2. The first-order valence-corrected chi connectivity index (χ1v) is 12.7. The summed E-state index contributed by atoms with van der Waals surface area (Å²) in [6, 6.07) is 11.0. The van der Waals surface area contributed by atoms with E-state index < -0.39 is 17.5 Å². The van der Waals surface area contributed by atoms with Gasteiger partial charge in [0.1, 0.15) is 11.6 Å². The maximum absolute atomic E-state index is 13.8. The average molecular weight is 535 g/mol. The van der Waals surface area contributed by atoms with E-state index in [9.17, 15) is 23.2 Å². The zero-order chi connectivity index (χ0) is 27.4. The molecule has 3 amide bonds. The van der Waals surface area contributed by atoms with Crippen molar-refractivity contribution in [3.63, 3.8) is 0 Å². The number of benzene rings is 2. The fraction of sp³-hybridized carbons (Fsp3) is 0.286. The Hall–Kier alpha value is -4.38. The van der Waals surface area contributed by atoms with Crippen molar-refractivity contribution < 1.29 is 23.2 Å². The van der Waals surface area contributed by atoms with Crippen molar-refractivity contribution >= 4 is 29.1 Å². The minimum Gasteiger partial charge on any atom is -0.366 e. The Morgan fingerprint density at radius 3 is 2.00 bits per heavy atom. The second kappa shape index (κ2) is 11.6. The van der Waals surface area contributed by atoms with Crippen LogP contribution in [-0.2, 0) is 0 Å². The molecular weight excluding hydrogens is 506 g/mol. The standard InChI is InChI=1S/C28H28F2N6O3/c29-22-15-21(16-23(30)18-22)26(37)33-24-17-20(28(39)35-9-7-32-8-10-35)1-2-25(24)34-11-13-36(14-12-34)27(38)19-3-5-31-6-4-19/h1-6,15-18,32H,7-14H2,(H,33,37). The fourth-order valence-corrected chi connectivity index (χ4v) is 4.80. The lowest BCUT2D eigenvalue weighted by Crippen LogP contribution is -2.49. The third-order valence-corrected chi connectivity index (χ3v) is 6.86. The molecule has 202 valence electrons. The van der Waals surface area contributed by atoms with Crippen molar-refractivity contribution in [2.24, 2.45) is 0 Å². The van der Waals surface area contributed by atoms with E-state index in [-0.39, 0.29) is 17.4 Å². The lowest BCUT2D eigenvalue weighted by molar-refractivity contribution is 0.0731. The van der Waals surface area contributed by atoms with Crippen LogP contribution in [0.2, 0.25) is 0 Å². The van der Waals surface area contributed by atoms with Gasteiger partial charge in [-0.2, -0.15) is 0 Å². The van der Waals surface area contributed by atoms with Crippen LogP contribution in [0.15, 0.2) is 60.9 Å². The summed E-state index contributed by atoms with van der Waals surface area (Å²) in [5, 5.41) is 5.96. The predicted octanol–water partition coefficient (Wildman–Crippen LogP) is 2.62. The smallest absolute Gasteiger partial charge is 0.255 e. The quantitative estimate of drug-likeness (QED) is 0.523. The Morgan fingerprint density at radius 1 is 0.718 bits per heavy atom. The number of hydrogen-bond acceptors (Lipinski definition) is 6. The lowest BCUT2D eigenvalue weighted by atomic mass is 10.1. The highest BCUT2D eigenvalue weighted by Crippen LogP contribution is 2.30. The van der Waals surface area contributed by atoms with E-state index in [0.29, 0.717) is 80.9 Å². The Balaban J connectivity index is 1.38. The third kappa shape index (κ3) is 6.04. The van der Waals surface area contributed by atoms with Crippen LogP contribution in [0.25, 0.3) is 0 Å². The number of pyridine rings is 1. The first-order valence-electron chi connectivity index (χ1n) is 12.7. The molecule has 0 atom stereocenters. The first kappa shape index (κ1) is 26.2. The summed E-state index contributed by atoms with van der Waals surface area (Å²) >= 11 is 0. The van der Waals surface area contributed by atoms with Gasteiger partial charge in [0.2, 0.25) is 0 Å². The molecule has 5 rings (SSSR count). The van der Waals surface area contributed by atoms with E-state index in [0.717, 1.165) is 12.1 Å². The van der Waals surface area contributed by atoms with E-state index in [2.05, 4.69) is 15.6 Å². The van der Waals surface area contributed by atoms with Crippen molar-refractivity contribution in [3.05, 3.63) is 89.2 Å². The molecule has 0 bridgehead atoms. The van der Waals surface area contributed by atoms with Crippen LogP contribution in [0.5, 0.6) is 0 Å². The van der Waals surface area contributed by atoms with Crippen LogP contribution in [0.3, 0.4) is 0 Å². The number of halogens is 2. The van der Waals surface area contributed by atoms with Gasteiger partial charge in [-0.3, -0.25) is 19.4 Å². The van der Waals surface area contributed by atoms with Gasteiger partial charge in [0.25, 0.3) is 17.7 Å². The molecule has 3 aromatic rings. The predicted molar refractivity (Wildman–Crippen MR) is 142 cm³/mol. The molecule has 9 nitrogen and oxygen atoms in total. The van der Waals surface area contributed by atoms with Crippen LogP contribution >= 0.6 is 0 Å². The topological polar surface area (TPSA) is 97.9 Å². The maximum Gasteiger partial charge on any atom is 0.255 e. The number of aromatic nitrogens is 1. The second-order valence-corrected chi connectivity index (χ2v) is 9.40. The molecular formula is C28H28F2N6O3. The molecule has 0 spiro atoms. The van der Waals surface area contributed by atoms with Gasteiger partial charge in [0, 0.05) is 87.5 Å². The molecule has 2 aromatic carbocycles. The normalized spacial score (nSPS) is 15.7. The van der Waals surface area contributed by atoms with Crippen molar-refractivity contribution in [1.82, 2.24) is 20.1 Å². The average Bonchev–Trinajstić information content (AvgIpc) is 2.97. The van der Waals surface area contributed by atoms with E-state index in [1.54, 1.807) is 52.5 Å². The highest BCUT2D eigenvalue weighted by Gasteiger charge is 2.26. The molecule has 0 radical (unpaired) electrons. The molecule has 0 aliphatic carbocycles. The Bertz CT molecular complexity index is 1350. The molecule has 11 heteroatoms. The highest BCUT2D eigenvalue weighted by molar-refractivity contribution is 6.07. The summed E-state index contributed by atoms with van der Waals surface area (Å²) in [6.07, 6.45) is 3.15. The van der Waals surface area contributed by atoms with Gasteiger partial charge >= 0.3 is 0 Å². The number of piperazine rings is 2. The number of rotatable bonds is 5. The first-order chi connectivity index (χ1) is 18.9. The minimum absolute atomic E-state index is 0.0873. The molecule has 39 heavy (non-hydrogen) atoms. The van der Waals surface area contributed by atoms with Gasteiger partial charge in [-0.1, -0.05) is 0 Å². The largest absolute Gasteiger partial charge is 0.366 e. The van der Waals surface area contributed by atoms with Crippen LogP contribution < -0.4 is 15.5 Å². The van der Waals surface area contributed by atoms with Gasteiger partial charge in [-0.05, 0) is 42.5 Å². The molecule has 3 heterocycles. The van der Waals surface area contributed by atoms with Crippen LogP contribution in [0.4, 0.5) is 20.2 Å². The number of nitrogens with one attached hydrogen (secondary N) is 2. The van der Waals surface area contributed by atoms with Crippen molar-refractivity contribution in [1.29, 1.82) is 0 Å². The van der Waals surface area contributed by atoms with Gasteiger partial charge in [0.05, 0.1) is 11.4 Å². The Kier molecular flexibility index (Phi) is 7.78. The third-order valence-electron chi connectivity index (χ3n) is 6.86. The number of carbonyl (C=O) groups is 3. The van der Waals surface area contributed by atoms with Gasteiger partial charge in [-0.15, -0.1) is 0 Å². The van der Waals surface area contributed by atoms with E-state index in [1.165, 1.54) is 0 Å². The Morgan fingerprint density at radius 2 is 1.33 bits per heavy atom. The summed E-state index contributed by atoms with van der Waals surface area (Å²) in [4.78, 5) is 48.5. The number of nitrogens with zero attached hydrogens (tertiary/aromatic N) is 4. The van der Waals surface area contributed by atoms with E-state index in [1.807, 2.05) is 4.90 Å². The van der Waals surface area contributed by atoms with Gasteiger partial charge in [-0.25, -0.2) is 8.78 Å². The van der Waals surface area contributed by atoms with Crippen molar-refractivity contribution in [3.8, 4) is 0 Å². The molecule has 2 aliphatic heterocycles. The highest BCUT2D eigenvalue weighted by atomic mass is 19.1. The summed E-state index contributed by atoms with van der Waals surface area (Å²) in [7, 11) is 0. The molecule has 2 saturated heterocycles.